The molecule has 1 N–H and O–H groups in total. The zero-order valence-corrected chi connectivity index (χ0v) is 22.6. The number of esters is 2. The van der Waals surface area contributed by atoms with Gasteiger partial charge in [0.25, 0.3) is 11.8 Å². The lowest BCUT2D eigenvalue weighted by molar-refractivity contribution is -0.120. The summed E-state index contributed by atoms with van der Waals surface area (Å²) in [4.78, 5) is 51.7. The number of halogens is 1. The molecule has 0 spiro atoms. The van der Waals surface area contributed by atoms with Crippen LogP contribution in [0.25, 0.3) is 0 Å². The summed E-state index contributed by atoms with van der Waals surface area (Å²) in [7, 11) is 0. The van der Waals surface area contributed by atoms with Crippen molar-refractivity contribution in [3.8, 4) is 5.75 Å². The molecule has 0 aliphatic carbocycles. The van der Waals surface area contributed by atoms with E-state index in [1.807, 2.05) is 36.4 Å². The molecule has 4 aromatic rings. The number of rotatable bonds is 8. The summed E-state index contributed by atoms with van der Waals surface area (Å²) in [5.41, 5.74) is 3.04. The van der Waals surface area contributed by atoms with Gasteiger partial charge >= 0.3 is 11.9 Å². The first-order chi connectivity index (χ1) is 19.8. The minimum atomic E-state index is -0.621. The van der Waals surface area contributed by atoms with Gasteiger partial charge in [0.05, 0.1) is 16.8 Å². The van der Waals surface area contributed by atoms with Gasteiger partial charge in [0.15, 0.2) is 0 Å². The monoisotopic (exact) mass is 566 g/mol. The second-order valence-electron chi connectivity index (χ2n) is 9.10. The fourth-order valence-corrected chi connectivity index (χ4v) is 4.32. The first-order valence-corrected chi connectivity index (χ1v) is 12.9. The Balaban J connectivity index is 1.19. The summed E-state index contributed by atoms with van der Waals surface area (Å²) < 4.78 is 10.7. The van der Waals surface area contributed by atoms with E-state index in [0.29, 0.717) is 16.9 Å². The Morgan fingerprint density at radius 1 is 0.756 bits per heavy atom. The van der Waals surface area contributed by atoms with Crippen molar-refractivity contribution in [2.75, 3.05) is 10.2 Å². The number of amides is 2. The van der Waals surface area contributed by atoms with Crippen LogP contribution in [0.15, 0.2) is 114 Å². The summed E-state index contributed by atoms with van der Waals surface area (Å²) in [5.74, 6) is -2.06. The quantitative estimate of drug-likeness (QED) is 0.158. The molecule has 0 atom stereocenters. The van der Waals surface area contributed by atoms with Crippen LogP contribution in [0.5, 0.6) is 5.75 Å². The smallest absolute Gasteiger partial charge is 0.343 e. The van der Waals surface area contributed by atoms with Crippen molar-refractivity contribution in [3.05, 3.63) is 136 Å². The molecule has 1 aliphatic rings. The predicted octanol–water partition coefficient (Wildman–Crippen LogP) is 6.01. The highest BCUT2D eigenvalue weighted by atomic mass is 35.5. The van der Waals surface area contributed by atoms with Crippen molar-refractivity contribution in [2.45, 2.75) is 13.5 Å². The van der Waals surface area contributed by atoms with Gasteiger partial charge in [0.2, 0.25) is 0 Å². The summed E-state index contributed by atoms with van der Waals surface area (Å²) in [5, 5.41) is 2.66. The summed E-state index contributed by atoms with van der Waals surface area (Å²) in [6, 6.07) is 28.5. The number of para-hydroxylation sites is 1. The van der Waals surface area contributed by atoms with Crippen LogP contribution in [0.1, 0.15) is 31.8 Å². The van der Waals surface area contributed by atoms with Crippen LogP contribution in [-0.4, -0.2) is 23.8 Å². The number of nitrogens with zero attached hydrogens (tertiary/aromatic N) is 1. The van der Waals surface area contributed by atoms with Crippen LogP contribution in [0.2, 0.25) is 0 Å². The Bertz CT molecular complexity index is 1660. The first kappa shape index (κ1) is 27.4. The number of nitrogens with one attached hydrogen (secondary N) is 1. The Kier molecular flexibility index (Phi) is 7.94. The minimum absolute atomic E-state index is 0.0577. The lowest BCUT2D eigenvalue weighted by Crippen LogP contribution is -2.32. The summed E-state index contributed by atoms with van der Waals surface area (Å²) in [6.07, 6.45) is 0. The molecular weight excluding hydrogens is 544 g/mol. The second kappa shape index (κ2) is 11.9. The molecule has 41 heavy (non-hydrogen) atoms. The van der Waals surface area contributed by atoms with Gasteiger partial charge < -0.3 is 14.8 Å². The van der Waals surface area contributed by atoms with Gasteiger partial charge in [-0.2, -0.15) is 0 Å². The van der Waals surface area contributed by atoms with Crippen molar-refractivity contribution >= 4 is 46.7 Å². The van der Waals surface area contributed by atoms with E-state index in [2.05, 4.69) is 5.32 Å². The Morgan fingerprint density at radius 3 is 2.05 bits per heavy atom. The van der Waals surface area contributed by atoms with E-state index in [0.717, 1.165) is 16.0 Å². The molecular formula is C32H23ClN2O6. The van der Waals surface area contributed by atoms with E-state index in [1.54, 1.807) is 37.3 Å². The number of hydrogen-bond acceptors (Lipinski definition) is 7. The molecule has 0 saturated heterocycles. The molecule has 5 rings (SSSR count). The van der Waals surface area contributed by atoms with E-state index in [1.165, 1.54) is 36.4 Å². The molecule has 0 radical (unpaired) electrons. The Morgan fingerprint density at radius 2 is 1.37 bits per heavy atom. The number of anilines is 2. The molecule has 0 saturated carbocycles. The topological polar surface area (TPSA) is 102 Å². The molecule has 0 fully saturated rings. The lowest BCUT2D eigenvalue weighted by Gasteiger charge is -2.17. The number of aryl methyl sites for hydroxylation is 1. The Labute approximate surface area is 240 Å². The normalized spacial score (nSPS) is 12.9. The standard InChI is InChI=1S/C32H23ClN2O6/c1-20-7-5-6-10-26(20)35-29(36)27(33)28(30(35)37)34-24-15-11-23(12-16-24)32(39)41-25-17-13-22(14-18-25)31(38)40-19-21-8-3-2-4-9-21/h2-18,34H,19H2,1H3. The molecule has 1 heterocycles. The maximum atomic E-state index is 13.0. The molecule has 9 heteroatoms. The minimum Gasteiger partial charge on any atom is -0.457 e. The molecule has 4 aromatic carbocycles. The van der Waals surface area contributed by atoms with Crippen LogP contribution in [0.4, 0.5) is 11.4 Å². The van der Waals surface area contributed by atoms with Crippen LogP contribution in [0.3, 0.4) is 0 Å². The maximum Gasteiger partial charge on any atom is 0.343 e. The van der Waals surface area contributed by atoms with E-state index < -0.39 is 23.8 Å². The van der Waals surface area contributed by atoms with Crippen molar-refractivity contribution in [1.29, 1.82) is 0 Å². The van der Waals surface area contributed by atoms with E-state index in [9.17, 15) is 19.2 Å². The van der Waals surface area contributed by atoms with E-state index in [4.69, 9.17) is 21.1 Å². The number of hydrogen-bond donors (Lipinski definition) is 1. The van der Waals surface area contributed by atoms with Crippen LogP contribution >= 0.6 is 11.6 Å². The fourth-order valence-electron chi connectivity index (χ4n) is 4.11. The van der Waals surface area contributed by atoms with Gasteiger partial charge in [-0.25, -0.2) is 14.5 Å². The highest BCUT2D eigenvalue weighted by molar-refractivity contribution is 6.53. The Hall–Kier alpha value is -5.21. The number of carbonyl (C=O) groups is 4. The number of ether oxygens (including phenoxy) is 2. The SMILES string of the molecule is Cc1ccccc1N1C(=O)C(Cl)=C(Nc2ccc(C(=O)Oc3ccc(C(=O)OCc4ccccc4)cc3)cc2)C1=O. The third-order valence-electron chi connectivity index (χ3n) is 6.29. The van der Waals surface area contributed by atoms with Crippen molar-refractivity contribution in [3.63, 3.8) is 0 Å². The largest absolute Gasteiger partial charge is 0.457 e. The molecule has 0 unspecified atom stereocenters. The average Bonchev–Trinajstić information content (AvgIpc) is 3.20. The molecule has 204 valence electrons. The van der Waals surface area contributed by atoms with Gasteiger partial charge in [0.1, 0.15) is 23.1 Å². The maximum absolute atomic E-state index is 13.0. The van der Waals surface area contributed by atoms with Crippen molar-refractivity contribution in [1.82, 2.24) is 0 Å². The molecule has 2 amide bonds. The van der Waals surface area contributed by atoms with Gasteiger partial charge in [-0.05, 0) is 72.6 Å². The number of benzene rings is 4. The van der Waals surface area contributed by atoms with Gasteiger partial charge in [-0.3, -0.25) is 9.59 Å². The van der Waals surface area contributed by atoms with Crippen molar-refractivity contribution < 1.29 is 28.7 Å². The highest BCUT2D eigenvalue weighted by Gasteiger charge is 2.39. The second-order valence-corrected chi connectivity index (χ2v) is 9.48. The predicted molar refractivity (Wildman–Crippen MR) is 154 cm³/mol. The number of carbonyl (C=O) groups excluding carboxylic acids is 4. The van der Waals surface area contributed by atoms with E-state index in [-0.39, 0.29) is 28.6 Å². The lowest BCUT2D eigenvalue weighted by atomic mass is 10.2. The summed E-state index contributed by atoms with van der Waals surface area (Å²) >= 11 is 6.22. The third-order valence-corrected chi connectivity index (χ3v) is 6.64. The van der Waals surface area contributed by atoms with Gasteiger partial charge in [-0.1, -0.05) is 60.1 Å². The summed E-state index contributed by atoms with van der Waals surface area (Å²) in [6.45, 7) is 1.95. The van der Waals surface area contributed by atoms with Crippen LogP contribution in [-0.2, 0) is 20.9 Å². The average molecular weight is 567 g/mol. The highest BCUT2D eigenvalue weighted by Crippen LogP contribution is 2.32. The van der Waals surface area contributed by atoms with E-state index >= 15 is 0 Å². The van der Waals surface area contributed by atoms with Crippen molar-refractivity contribution in [2.24, 2.45) is 0 Å². The van der Waals surface area contributed by atoms with Gasteiger partial charge in [0, 0.05) is 5.69 Å². The number of imide groups is 1. The first-order valence-electron chi connectivity index (χ1n) is 12.6. The molecule has 0 aromatic heterocycles. The molecule has 8 nitrogen and oxygen atoms in total. The molecule has 0 bridgehead atoms. The van der Waals surface area contributed by atoms with Crippen LogP contribution in [0, 0.1) is 6.92 Å². The zero-order chi connectivity index (χ0) is 28.9. The van der Waals surface area contributed by atoms with Crippen LogP contribution < -0.4 is 15.0 Å². The third kappa shape index (κ3) is 6.03. The molecule has 1 aliphatic heterocycles. The fraction of sp³-hybridized carbons (Fsp3) is 0.0625. The zero-order valence-electron chi connectivity index (χ0n) is 21.8. The van der Waals surface area contributed by atoms with Gasteiger partial charge in [-0.15, -0.1) is 0 Å².